The van der Waals surface area contributed by atoms with Gasteiger partial charge in [-0.15, -0.1) is 0 Å². The molecule has 3 nitrogen and oxygen atoms in total. The zero-order chi connectivity index (χ0) is 13.2. The number of rotatable bonds is 5. The lowest BCUT2D eigenvalue weighted by Crippen LogP contribution is -2.44. The number of nitrogens with two attached hydrogens (primary N) is 1. The van der Waals surface area contributed by atoms with E-state index in [1.54, 1.807) is 0 Å². The SMILES string of the molecule is CC(CN)c1ccc(OCC2(C)COC2)c(Br)c1. The van der Waals surface area contributed by atoms with Gasteiger partial charge in [0.05, 0.1) is 24.3 Å². The van der Waals surface area contributed by atoms with Crippen molar-refractivity contribution in [2.75, 3.05) is 26.4 Å². The van der Waals surface area contributed by atoms with Gasteiger partial charge in [-0.1, -0.05) is 19.9 Å². The molecule has 18 heavy (non-hydrogen) atoms. The number of halogens is 1. The molecular formula is C14H20BrNO2. The van der Waals surface area contributed by atoms with E-state index in [0.717, 1.165) is 23.4 Å². The Morgan fingerprint density at radius 2 is 2.22 bits per heavy atom. The van der Waals surface area contributed by atoms with Gasteiger partial charge in [0.2, 0.25) is 0 Å². The molecule has 2 N–H and O–H groups in total. The van der Waals surface area contributed by atoms with Crippen LogP contribution in [0.1, 0.15) is 25.3 Å². The molecule has 0 bridgehead atoms. The molecule has 1 aromatic rings. The molecule has 0 aliphatic carbocycles. The first-order valence-electron chi connectivity index (χ1n) is 6.24. The van der Waals surface area contributed by atoms with Crippen LogP contribution in [0.15, 0.2) is 22.7 Å². The molecule has 100 valence electrons. The van der Waals surface area contributed by atoms with Gasteiger partial charge in [-0.05, 0) is 46.1 Å². The van der Waals surface area contributed by atoms with Crippen LogP contribution in [-0.2, 0) is 4.74 Å². The molecule has 1 saturated heterocycles. The monoisotopic (exact) mass is 313 g/mol. The Morgan fingerprint density at radius 3 is 2.72 bits per heavy atom. The highest BCUT2D eigenvalue weighted by atomic mass is 79.9. The Bertz CT molecular complexity index is 418. The maximum absolute atomic E-state index is 5.85. The van der Waals surface area contributed by atoms with Crippen LogP contribution in [0.4, 0.5) is 0 Å². The fourth-order valence-corrected chi connectivity index (χ4v) is 2.37. The molecule has 0 saturated carbocycles. The van der Waals surface area contributed by atoms with E-state index in [9.17, 15) is 0 Å². The molecule has 0 radical (unpaired) electrons. The lowest BCUT2D eigenvalue weighted by Gasteiger charge is -2.37. The topological polar surface area (TPSA) is 44.5 Å². The van der Waals surface area contributed by atoms with Gasteiger partial charge in [-0.25, -0.2) is 0 Å². The molecule has 0 spiro atoms. The van der Waals surface area contributed by atoms with Gasteiger partial charge in [0.15, 0.2) is 0 Å². The smallest absolute Gasteiger partial charge is 0.133 e. The van der Waals surface area contributed by atoms with Crippen LogP contribution >= 0.6 is 15.9 Å². The molecule has 1 atom stereocenters. The zero-order valence-electron chi connectivity index (χ0n) is 10.9. The third-order valence-electron chi connectivity index (χ3n) is 3.36. The summed E-state index contributed by atoms with van der Waals surface area (Å²) in [6, 6.07) is 6.18. The van der Waals surface area contributed by atoms with Gasteiger partial charge in [0.25, 0.3) is 0 Å². The quantitative estimate of drug-likeness (QED) is 0.909. The summed E-state index contributed by atoms with van der Waals surface area (Å²) in [5.41, 5.74) is 7.07. The van der Waals surface area contributed by atoms with Crippen LogP contribution in [0.2, 0.25) is 0 Å². The molecule has 1 fully saturated rings. The fourth-order valence-electron chi connectivity index (χ4n) is 1.86. The molecule has 1 unspecified atom stereocenters. The van der Waals surface area contributed by atoms with E-state index >= 15 is 0 Å². The van der Waals surface area contributed by atoms with Gasteiger partial charge < -0.3 is 15.2 Å². The highest BCUT2D eigenvalue weighted by molar-refractivity contribution is 9.10. The fraction of sp³-hybridized carbons (Fsp3) is 0.571. The molecular weight excluding hydrogens is 294 g/mol. The predicted molar refractivity (Wildman–Crippen MR) is 76.0 cm³/mol. The van der Waals surface area contributed by atoms with Crippen LogP contribution in [0.5, 0.6) is 5.75 Å². The van der Waals surface area contributed by atoms with Gasteiger partial charge in [0.1, 0.15) is 5.75 Å². The van der Waals surface area contributed by atoms with Gasteiger partial charge in [0, 0.05) is 5.41 Å². The summed E-state index contributed by atoms with van der Waals surface area (Å²) >= 11 is 3.56. The van der Waals surface area contributed by atoms with Crippen LogP contribution in [-0.4, -0.2) is 26.4 Å². The molecule has 1 aromatic carbocycles. The van der Waals surface area contributed by atoms with Crippen molar-refractivity contribution >= 4 is 15.9 Å². The van der Waals surface area contributed by atoms with E-state index in [4.69, 9.17) is 15.2 Å². The highest BCUT2D eigenvalue weighted by Gasteiger charge is 2.34. The van der Waals surface area contributed by atoms with Crippen molar-refractivity contribution in [2.24, 2.45) is 11.1 Å². The lowest BCUT2D eigenvalue weighted by atomic mass is 9.90. The van der Waals surface area contributed by atoms with Gasteiger partial charge in [-0.3, -0.25) is 0 Å². The van der Waals surface area contributed by atoms with Crippen molar-refractivity contribution in [3.05, 3.63) is 28.2 Å². The Morgan fingerprint density at radius 1 is 1.50 bits per heavy atom. The first-order chi connectivity index (χ1) is 8.54. The molecule has 1 aliphatic heterocycles. The second-order valence-electron chi connectivity index (χ2n) is 5.42. The predicted octanol–water partition coefficient (Wildman–Crippen LogP) is 2.93. The summed E-state index contributed by atoms with van der Waals surface area (Å²) in [6.45, 7) is 7.21. The largest absolute Gasteiger partial charge is 0.492 e. The van der Waals surface area contributed by atoms with Crippen molar-refractivity contribution in [3.8, 4) is 5.75 Å². The second kappa shape index (κ2) is 5.59. The number of ether oxygens (including phenoxy) is 2. The number of hydrogen-bond donors (Lipinski definition) is 1. The summed E-state index contributed by atoms with van der Waals surface area (Å²) in [7, 11) is 0. The Kier molecular flexibility index (Phi) is 4.30. The normalized spacial score (nSPS) is 19.1. The van der Waals surface area contributed by atoms with E-state index in [1.165, 1.54) is 5.56 Å². The molecule has 2 rings (SSSR count). The van der Waals surface area contributed by atoms with Crippen molar-refractivity contribution in [1.29, 1.82) is 0 Å². The van der Waals surface area contributed by atoms with E-state index in [2.05, 4.69) is 41.9 Å². The standard InChI is InChI=1S/C14H20BrNO2/c1-10(6-16)11-3-4-13(12(15)5-11)18-9-14(2)7-17-8-14/h3-5,10H,6-9,16H2,1-2H3. The minimum absolute atomic E-state index is 0.169. The Hall–Kier alpha value is -0.580. The van der Waals surface area contributed by atoms with Crippen molar-refractivity contribution in [2.45, 2.75) is 19.8 Å². The zero-order valence-corrected chi connectivity index (χ0v) is 12.5. The molecule has 0 amide bonds. The minimum atomic E-state index is 0.169. The number of hydrogen-bond acceptors (Lipinski definition) is 3. The van der Waals surface area contributed by atoms with Crippen LogP contribution in [0, 0.1) is 5.41 Å². The van der Waals surface area contributed by atoms with Crippen LogP contribution < -0.4 is 10.5 Å². The maximum Gasteiger partial charge on any atom is 0.133 e. The molecule has 4 heteroatoms. The first kappa shape index (κ1) is 13.8. The van der Waals surface area contributed by atoms with Gasteiger partial charge in [-0.2, -0.15) is 0 Å². The third-order valence-corrected chi connectivity index (χ3v) is 3.98. The van der Waals surface area contributed by atoms with E-state index in [1.807, 2.05) is 6.07 Å². The molecule has 0 aromatic heterocycles. The summed E-state index contributed by atoms with van der Waals surface area (Å²) in [5.74, 6) is 1.25. The van der Waals surface area contributed by atoms with Crippen molar-refractivity contribution < 1.29 is 9.47 Å². The van der Waals surface area contributed by atoms with Crippen molar-refractivity contribution in [3.63, 3.8) is 0 Å². The molecule has 1 heterocycles. The van der Waals surface area contributed by atoms with Gasteiger partial charge >= 0.3 is 0 Å². The third kappa shape index (κ3) is 3.05. The van der Waals surface area contributed by atoms with E-state index in [0.29, 0.717) is 19.1 Å². The second-order valence-corrected chi connectivity index (χ2v) is 6.27. The maximum atomic E-state index is 5.85. The summed E-state index contributed by atoms with van der Waals surface area (Å²) in [5, 5.41) is 0. The lowest BCUT2D eigenvalue weighted by molar-refractivity contribution is -0.120. The Labute approximate surface area is 117 Å². The molecule has 1 aliphatic rings. The van der Waals surface area contributed by atoms with Crippen LogP contribution in [0.25, 0.3) is 0 Å². The summed E-state index contributed by atoms with van der Waals surface area (Å²) in [6.07, 6.45) is 0. The van der Waals surface area contributed by atoms with E-state index < -0.39 is 0 Å². The van der Waals surface area contributed by atoms with E-state index in [-0.39, 0.29) is 5.41 Å². The Balaban J connectivity index is 2.01. The first-order valence-corrected chi connectivity index (χ1v) is 7.03. The average molecular weight is 314 g/mol. The highest BCUT2D eigenvalue weighted by Crippen LogP contribution is 2.32. The van der Waals surface area contributed by atoms with Crippen LogP contribution in [0.3, 0.4) is 0 Å². The summed E-state index contributed by atoms with van der Waals surface area (Å²) in [4.78, 5) is 0. The minimum Gasteiger partial charge on any atom is -0.492 e. The van der Waals surface area contributed by atoms with Crippen molar-refractivity contribution in [1.82, 2.24) is 0 Å². The average Bonchev–Trinajstić information content (AvgIpc) is 2.34. The number of benzene rings is 1. The summed E-state index contributed by atoms with van der Waals surface area (Å²) < 4.78 is 12.1.